The van der Waals surface area contributed by atoms with Crippen molar-refractivity contribution < 1.29 is 9.47 Å². The van der Waals surface area contributed by atoms with Gasteiger partial charge in [-0.15, -0.1) is 0 Å². The van der Waals surface area contributed by atoms with Gasteiger partial charge in [0.05, 0.1) is 13.2 Å². The molecule has 1 atom stereocenters. The Balaban J connectivity index is 1.40. The Labute approximate surface area is 161 Å². The quantitative estimate of drug-likeness (QED) is 0.379. The number of ether oxygens (including phenoxy) is 2. The summed E-state index contributed by atoms with van der Waals surface area (Å²) in [6.45, 7) is 2.93. The molecule has 0 amide bonds. The fourth-order valence-corrected chi connectivity index (χ4v) is 3.02. The van der Waals surface area contributed by atoms with Crippen molar-refractivity contribution in [1.82, 2.24) is 10.6 Å². The van der Waals surface area contributed by atoms with E-state index in [1.807, 2.05) is 12.1 Å². The number of fused-ring (bicyclic) bond motifs is 1. The molecule has 1 aliphatic heterocycles. The van der Waals surface area contributed by atoms with Crippen molar-refractivity contribution in [1.29, 1.82) is 0 Å². The molecule has 2 aromatic rings. The Bertz CT molecular complexity index is 721. The predicted molar refractivity (Wildman–Crippen MR) is 110 cm³/mol. The molecule has 0 saturated heterocycles. The third-order valence-electron chi connectivity index (χ3n) is 4.48. The first kappa shape index (κ1) is 19.0. The minimum atomic E-state index is 0.137. The van der Waals surface area contributed by atoms with E-state index in [0.717, 1.165) is 36.9 Å². The number of guanidine groups is 1. The van der Waals surface area contributed by atoms with Crippen LogP contribution < -0.4 is 20.7 Å². The van der Waals surface area contributed by atoms with Crippen LogP contribution in [-0.2, 0) is 17.7 Å². The van der Waals surface area contributed by atoms with Gasteiger partial charge in [-0.1, -0.05) is 30.3 Å². The molecule has 1 heterocycles. The molecule has 0 aliphatic carbocycles. The summed E-state index contributed by atoms with van der Waals surface area (Å²) in [4.78, 5) is 4.29. The maximum atomic E-state index is 5.96. The van der Waals surface area contributed by atoms with E-state index >= 15 is 0 Å². The maximum Gasteiger partial charge on any atom is 0.191 e. The molecular formula is C21H28N4O2. The van der Waals surface area contributed by atoms with Gasteiger partial charge in [0.15, 0.2) is 5.96 Å². The summed E-state index contributed by atoms with van der Waals surface area (Å²) in [5, 5.41) is 10.0. The van der Waals surface area contributed by atoms with Crippen LogP contribution >= 0.6 is 0 Å². The molecule has 144 valence electrons. The van der Waals surface area contributed by atoms with E-state index in [1.165, 1.54) is 11.1 Å². The monoisotopic (exact) mass is 368 g/mol. The zero-order valence-electron chi connectivity index (χ0n) is 16.0. The first-order valence-electron chi connectivity index (χ1n) is 9.29. The predicted octanol–water partition coefficient (Wildman–Crippen LogP) is 2.41. The van der Waals surface area contributed by atoms with E-state index in [2.05, 4.69) is 57.3 Å². The van der Waals surface area contributed by atoms with Crippen molar-refractivity contribution in [3.8, 4) is 5.75 Å². The Kier molecular flexibility index (Phi) is 6.93. The van der Waals surface area contributed by atoms with Crippen LogP contribution in [0, 0.1) is 0 Å². The SMILES string of the molecule is CN=C(NCc1ccc(NCCOC)cc1)NCC1Cc2ccccc2O1. The van der Waals surface area contributed by atoms with Crippen LogP contribution in [0.3, 0.4) is 0 Å². The van der Waals surface area contributed by atoms with Crippen molar-refractivity contribution >= 4 is 11.6 Å². The summed E-state index contributed by atoms with van der Waals surface area (Å²) in [6, 6.07) is 16.6. The maximum absolute atomic E-state index is 5.96. The summed E-state index contributed by atoms with van der Waals surface area (Å²) in [7, 11) is 3.48. The molecule has 0 spiro atoms. The summed E-state index contributed by atoms with van der Waals surface area (Å²) < 4.78 is 11.0. The fraction of sp³-hybridized carbons (Fsp3) is 0.381. The van der Waals surface area contributed by atoms with Crippen molar-refractivity contribution in [2.24, 2.45) is 4.99 Å². The van der Waals surface area contributed by atoms with E-state index in [1.54, 1.807) is 14.2 Å². The smallest absolute Gasteiger partial charge is 0.191 e. The fourth-order valence-electron chi connectivity index (χ4n) is 3.02. The van der Waals surface area contributed by atoms with Gasteiger partial charge >= 0.3 is 0 Å². The van der Waals surface area contributed by atoms with Gasteiger partial charge in [0.25, 0.3) is 0 Å². The van der Waals surface area contributed by atoms with Crippen molar-refractivity contribution in [2.45, 2.75) is 19.1 Å². The lowest BCUT2D eigenvalue weighted by Crippen LogP contribution is -2.41. The molecule has 2 aromatic carbocycles. The van der Waals surface area contributed by atoms with Crippen LogP contribution in [0.2, 0.25) is 0 Å². The van der Waals surface area contributed by atoms with Crippen LogP contribution in [0.25, 0.3) is 0 Å². The second-order valence-electron chi connectivity index (χ2n) is 6.47. The number of nitrogens with zero attached hydrogens (tertiary/aromatic N) is 1. The standard InChI is InChI=1S/C21H28N4O2/c1-22-21(25-15-19-13-17-5-3-4-6-20(17)27-19)24-14-16-7-9-18(10-8-16)23-11-12-26-2/h3-10,19,23H,11-15H2,1-2H3,(H2,22,24,25). The summed E-state index contributed by atoms with van der Waals surface area (Å²) >= 11 is 0. The van der Waals surface area contributed by atoms with Gasteiger partial charge in [0.2, 0.25) is 0 Å². The van der Waals surface area contributed by atoms with Gasteiger partial charge in [-0.25, -0.2) is 0 Å². The lowest BCUT2D eigenvalue weighted by Gasteiger charge is -2.16. The Morgan fingerprint density at radius 3 is 2.70 bits per heavy atom. The lowest BCUT2D eigenvalue weighted by molar-refractivity contribution is 0.211. The number of hydrogen-bond donors (Lipinski definition) is 3. The van der Waals surface area contributed by atoms with Gasteiger partial charge < -0.3 is 25.4 Å². The summed E-state index contributed by atoms with van der Waals surface area (Å²) in [6.07, 6.45) is 1.07. The molecule has 6 heteroatoms. The van der Waals surface area contributed by atoms with Crippen LogP contribution in [0.4, 0.5) is 5.69 Å². The van der Waals surface area contributed by atoms with Crippen molar-refractivity contribution in [3.63, 3.8) is 0 Å². The summed E-state index contributed by atoms with van der Waals surface area (Å²) in [5.41, 5.74) is 3.56. The van der Waals surface area contributed by atoms with Crippen LogP contribution in [0.15, 0.2) is 53.5 Å². The van der Waals surface area contributed by atoms with E-state index in [0.29, 0.717) is 13.2 Å². The zero-order valence-corrected chi connectivity index (χ0v) is 16.0. The molecular weight excluding hydrogens is 340 g/mol. The molecule has 0 aromatic heterocycles. The molecule has 1 unspecified atom stereocenters. The highest BCUT2D eigenvalue weighted by molar-refractivity contribution is 5.79. The second-order valence-corrected chi connectivity index (χ2v) is 6.47. The van der Waals surface area contributed by atoms with Gasteiger partial charge in [-0.05, 0) is 29.3 Å². The molecule has 0 bridgehead atoms. The van der Waals surface area contributed by atoms with Crippen LogP contribution in [0.5, 0.6) is 5.75 Å². The average molecular weight is 368 g/mol. The highest BCUT2D eigenvalue weighted by atomic mass is 16.5. The van der Waals surface area contributed by atoms with Crippen molar-refractivity contribution in [2.75, 3.05) is 39.2 Å². The number of aliphatic imine (C=N–C) groups is 1. The molecule has 6 nitrogen and oxygen atoms in total. The number of nitrogens with one attached hydrogen (secondary N) is 3. The van der Waals surface area contributed by atoms with Gasteiger partial charge in [0, 0.05) is 39.4 Å². The number of rotatable bonds is 8. The minimum absolute atomic E-state index is 0.137. The number of para-hydroxylation sites is 1. The molecule has 27 heavy (non-hydrogen) atoms. The summed E-state index contributed by atoms with van der Waals surface area (Å²) in [5.74, 6) is 1.77. The molecule has 3 N–H and O–H groups in total. The molecule has 3 rings (SSSR count). The number of anilines is 1. The zero-order chi connectivity index (χ0) is 18.9. The highest BCUT2D eigenvalue weighted by Gasteiger charge is 2.22. The molecule has 0 fully saturated rings. The van der Waals surface area contributed by atoms with Crippen LogP contribution in [-0.4, -0.2) is 45.9 Å². The number of benzene rings is 2. The van der Waals surface area contributed by atoms with Gasteiger partial charge in [0.1, 0.15) is 11.9 Å². The first-order chi connectivity index (χ1) is 13.3. The average Bonchev–Trinajstić information content (AvgIpc) is 3.12. The largest absolute Gasteiger partial charge is 0.488 e. The third-order valence-corrected chi connectivity index (χ3v) is 4.48. The van der Waals surface area contributed by atoms with Crippen LogP contribution in [0.1, 0.15) is 11.1 Å². The first-order valence-corrected chi connectivity index (χ1v) is 9.29. The second kappa shape index (κ2) is 9.83. The normalized spacial score (nSPS) is 15.8. The number of methoxy groups -OCH3 is 1. The topological polar surface area (TPSA) is 66.9 Å². The van der Waals surface area contributed by atoms with E-state index < -0.39 is 0 Å². The highest BCUT2D eigenvalue weighted by Crippen LogP contribution is 2.27. The van der Waals surface area contributed by atoms with Crippen molar-refractivity contribution in [3.05, 3.63) is 59.7 Å². The molecule has 1 aliphatic rings. The molecule has 0 radical (unpaired) electrons. The van der Waals surface area contributed by atoms with Gasteiger partial charge in [-0.2, -0.15) is 0 Å². The number of hydrogen-bond acceptors (Lipinski definition) is 4. The minimum Gasteiger partial charge on any atom is -0.488 e. The lowest BCUT2D eigenvalue weighted by atomic mass is 10.1. The Morgan fingerprint density at radius 2 is 1.96 bits per heavy atom. The van der Waals surface area contributed by atoms with Gasteiger partial charge in [-0.3, -0.25) is 4.99 Å². The molecule has 0 saturated carbocycles. The third kappa shape index (κ3) is 5.62. The van der Waals surface area contributed by atoms with E-state index in [-0.39, 0.29) is 6.10 Å². The Morgan fingerprint density at radius 1 is 1.15 bits per heavy atom. The van der Waals surface area contributed by atoms with E-state index in [9.17, 15) is 0 Å². The Hall–Kier alpha value is -2.73. The van der Waals surface area contributed by atoms with E-state index in [4.69, 9.17) is 9.47 Å².